The molecule has 0 heterocycles. The predicted octanol–water partition coefficient (Wildman–Crippen LogP) is 3.74. The van der Waals surface area contributed by atoms with Crippen LogP contribution in [0.5, 0.6) is 0 Å². The number of anilines is 1. The van der Waals surface area contributed by atoms with Gasteiger partial charge >= 0.3 is 5.97 Å². The lowest BCUT2D eigenvalue weighted by Crippen LogP contribution is -2.08. The van der Waals surface area contributed by atoms with E-state index < -0.39 is 0 Å². The van der Waals surface area contributed by atoms with Crippen molar-refractivity contribution in [2.75, 3.05) is 12.3 Å². The van der Waals surface area contributed by atoms with Crippen LogP contribution in [-0.2, 0) is 10.5 Å². The van der Waals surface area contributed by atoms with Gasteiger partial charge in [0, 0.05) is 10.6 Å². The van der Waals surface area contributed by atoms with Gasteiger partial charge in [0.05, 0.1) is 17.9 Å². The Labute approximate surface area is 123 Å². The van der Waals surface area contributed by atoms with Crippen molar-refractivity contribution in [3.63, 3.8) is 0 Å². The molecule has 0 saturated heterocycles. The Bertz CT molecular complexity index is 584. The van der Waals surface area contributed by atoms with Crippen molar-refractivity contribution < 1.29 is 9.53 Å². The molecular formula is C16H17NO2S. The number of nitrogen functional groups attached to an aromatic ring is 1. The topological polar surface area (TPSA) is 52.3 Å². The van der Waals surface area contributed by atoms with Gasteiger partial charge in [0.15, 0.2) is 0 Å². The molecule has 0 bridgehead atoms. The van der Waals surface area contributed by atoms with Crippen LogP contribution in [0.25, 0.3) is 0 Å². The minimum atomic E-state index is -0.368. The van der Waals surface area contributed by atoms with Crippen LogP contribution in [0.15, 0.2) is 53.4 Å². The standard InChI is InChI=1S/C16H17NO2S/c1-2-19-16(18)13-9-6-10-14(15(13)17)20-11-12-7-4-3-5-8-12/h3-10H,2,11,17H2,1H3. The molecule has 2 rings (SSSR count). The van der Waals surface area contributed by atoms with Gasteiger partial charge < -0.3 is 10.5 Å². The molecule has 0 aromatic heterocycles. The summed E-state index contributed by atoms with van der Waals surface area (Å²) < 4.78 is 5.00. The van der Waals surface area contributed by atoms with E-state index in [0.29, 0.717) is 17.9 Å². The van der Waals surface area contributed by atoms with Gasteiger partial charge in [0.25, 0.3) is 0 Å². The number of thioether (sulfide) groups is 1. The van der Waals surface area contributed by atoms with Crippen molar-refractivity contribution in [3.8, 4) is 0 Å². The summed E-state index contributed by atoms with van der Waals surface area (Å²) in [7, 11) is 0. The van der Waals surface area contributed by atoms with Gasteiger partial charge in [-0.1, -0.05) is 36.4 Å². The fourth-order valence-electron chi connectivity index (χ4n) is 1.79. The second kappa shape index (κ2) is 7.01. The van der Waals surface area contributed by atoms with Gasteiger partial charge in [-0.05, 0) is 24.6 Å². The minimum Gasteiger partial charge on any atom is -0.462 e. The van der Waals surface area contributed by atoms with Crippen LogP contribution in [0.1, 0.15) is 22.8 Å². The number of carbonyl (C=O) groups is 1. The zero-order valence-electron chi connectivity index (χ0n) is 11.3. The minimum absolute atomic E-state index is 0.347. The van der Waals surface area contributed by atoms with E-state index in [0.717, 1.165) is 10.6 Å². The van der Waals surface area contributed by atoms with Crippen LogP contribution in [0.2, 0.25) is 0 Å². The van der Waals surface area contributed by atoms with E-state index >= 15 is 0 Å². The number of hydrogen-bond donors (Lipinski definition) is 1. The summed E-state index contributed by atoms with van der Waals surface area (Å²) in [5.74, 6) is 0.448. The highest BCUT2D eigenvalue weighted by atomic mass is 32.2. The van der Waals surface area contributed by atoms with Gasteiger partial charge in [0.2, 0.25) is 0 Å². The van der Waals surface area contributed by atoms with E-state index in [1.807, 2.05) is 30.3 Å². The molecule has 3 nitrogen and oxygen atoms in total. The second-order valence-electron chi connectivity index (χ2n) is 4.21. The maximum Gasteiger partial charge on any atom is 0.340 e. The summed E-state index contributed by atoms with van der Waals surface area (Å²) in [6.45, 7) is 2.13. The Morgan fingerprint density at radius 1 is 1.15 bits per heavy atom. The SMILES string of the molecule is CCOC(=O)c1cccc(SCc2ccccc2)c1N. The van der Waals surface area contributed by atoms with Crippen molar-refractivity contribution in [2.45, 2.75) is 17.6 Å². The summed E-state index contributed by atoms with van der Waals surface area (Å²) in [4.78, 5) is 12.7. The molecule has 0 spiro atoms. The maximum absolute atomic E-state index is 11.8. The molecule has 0 atom stereocenters. The monoisotopic (exact) mass is 287 g/mol. The number of nitrogens with two attached hydrogens (primary N) is 1. The molecule has 0 radical (unpaired) electrons. The van der Waals surface area contributed by atoms with E-state index in [2.05, 4.69) is 12.1 Å². The number of para-hydroxylation sites is 1. The first kappa shape index (κ1) is 14.5. The van der Waals surface area contributed by atoms with Crippen molar-refractivity contribution in [1.29, 1.82) is 0 Å². The first-order valence-electron chi connectivity index (χ1n) is 6.44. The molecule has 20 heavy (non-hydrogen) atoms. The molecule has 0 unspecified atom stereocenters. The van der Waals surface area contributed by atoms with Crippen LogP contribution in [-0.4, -0.2) is 12.6 Å². The second-order valence-corrected chi connectivity index (χ2v) is 5.23. The lowest BCUT2D eigenvalue weighted by Gasteiger charge is -2.10. The zero-order chi connectivity index (χ0) is 14.4. The molecule has 2 aromatic rings. The van der Waals surface area contributed by atoms with E-state index in [1.54, 1.807) is 24.8 Å². The maximum atomic E-state index is 11.8. The van der Waals surface area contributed by atoms with Gasteiger partial charge in [-0.2, -0.15) is 0 Å². The number of hydrogen-bond acceptors (Lipinski definition) is 4. The summed E-state index contributed by atoms with van der Waals surface area (Å²) in [5, 5.41) is 0. The Balaban J connectivity index is 2.12. The quantitative estimate of drug-likeness (QED) is 0.517. The molecule has 2 N–H and O–H groups in total. The number of ether oxygens (including phenoxy) is 1. The van der Waals surface area contributed by atoms with Gasteiger partial charge in [-0.25, -0.2) is 4.79 Å². The molecule has 4 heteroatoms. The van der Waals surface area contributed by atoms with Crippen molar-refractivity contribution in [3.05, 3.63) is 59.7 Å². The summed E-state index contributed by atoms with van der Waals surface area (Å²) >= 11 is 1.62. The molecule has 0 amide bonds. The Morgan fingerprint density at radius 2 is 1.90 bits per heavy atom. The van der Waals surface area contributed by atoms with Crippen LogP contribution in [0, 0.1) is 0 Å². The molecular weight excluding hydrogens is 270 g/mol. The number of benzene rings is 2. The smallest absolute Gasteiger partial charge is 0.340 e. The lowest BCUT2D eigenvalue weighted by atomic mass is 10.2. The Hall–Kier alpha value is -1.94. The van der Waals surface area contributed by atoms with Crippen molar-refractivity contribution >= 4 is 23.4 Å². The third-order valence-electron chi connectivity index (χ3n) is 2.80. The largest absolute Gasteiger partial charge is 0.462 e. The summed E-state index contributed by atoms with van der Waals surface area (Å²) in [6.07, 6.45) is 0. The number of rotatable bonds is 5. The Morgan fingerprint density at radius 3 is 2.60 bits per heavy atom. The van der Waals surface area contributed by atoms with Crippen molar-refractivity contribution in [2.24, 2.45) is 0 Å². The predicted molar refractivity (Wildman–Crippen MR) is 82.8 cm³/mol. The van der Waals surface area contributed by atoms with Gasteiger partial charge in [0.1, 0.15) is 0 Å². The average Bonchev–Trinajstić information content (AvgIpc) is 2.47. The lowest BCUT2D eigenvalue weighted by molar-refractivity contribution is 0.0527. The summed E-state index contributed by atoms with van der Waals surface area (Å²) in [5.41, 5.74) is 8.21. The molecule has 0 aliphatic carbocycles. The fraction of sp³-hybridized carbons (Fsp3) is 0.188. The highest BCUT2D eigenvalue weighted by Crippen LogP contribution is 2.30. The third kappa shape index (κ3) is 3.54. The highest BCUT2D eigenvalue weighted by Gasteiger charge is 2.13. The van der Waals surface area contributed by atoms with Crippen LogP contribution in [0.3, 0.4) is 0 Å². The first-order chi connectivity index (χ1) is 9.72. The normalized spacial score (nSPS) is 10.2. The average molecular weight is 287 g/mol. The van der Waals surface area contributed by atoms with E-state index in [9.17, 15) is 4.79 Å². The number of carbonyl (C=O) groups excluding carboxylic acids is 1. The van der Waals surface area contributed by atoms with Crippen LogP contribution < -0.4 is 5.73 Å². The third-order valence-corrected chi connectivity index (χ3v) is 3.94. The van der Waals surface area contributed by atoms with Crippen molar-refractivity contribution in [1.82, 2.24) is 0 Å². The Kier molecular flexibility index (Phi) is 5.07. The highest BCUT2D eigenvalue weighted by molar-refractivity contribution is 7.98. The fourth-order valence-corrected chi connectivity index (χ4v) is 2.75. The summed E-state index contributed by atoms with van der Waals surface area (Å²) in [6, 6.07) is 15.6. The molecule has 0 aliphatic rings. The van der Waals surface area contributed by atoms with E-state index in [-0.39, 0.29) is 5.97 Å². The van der Waals surface area contributed by atoms with Gasteiger partial charge in [-0.15, -0.1) is 11.8 Å². The van der Waals surface area contributed by atoms with E-state index in [1.165, 1.54) is 5.56 Å². The molecule has 104 valence electrons. The molecule has 2 aromatic carbocycles. The van der Waals surface area contributed by atoms with Crippen LogP contribution in [0.4, 0.5) is 5.69 Å². The molecule has 0 aliphatic heterocycles. The number of esters is 1. The van der Waals surface area contributed by atoms with Crippen LogP contribution >= 0.6 is 11.8 Å². The van der Waals surface area contributed by atoms with E-state index in [4.69, 9.17) is 10.5 Å². The first-order valence-corrected chi connectivity index (χ1v) is 7.43. The molecule has 0 fully saturated rings. The van der Waals surface area contributed by atoms with Gasteiger partial charge in [-0.3, -0.25) is 0 Å². The molecule has 0 saturated carbocycles. The zero-order valence-corrected chi connectivity index (χ0v) is 12.2.